The van der Waals surface area contributed by atoms with E-state index in [2.05, 4.69) is 25.7 Å². The number of benzene rings is 2. The molecular weight excluding hydrogens is 481 g/mol. The van der Waals surface area contributed by atoms with Gasteiger partial charge in [0, 0.05) is 18.5 Å². The molecule has 0 aliphatic carbocycles. The molecule has 206 valence electrons. The molecule has 0 radical (unpaired) electrons. The van der Waals surface area contributed by atoms with Crippen molar-refractivity contribution in [1.29, 1.82) is 0 Å². The van der Waals surface area contributed by atoms with Crippen LogP contribution in [0.15, 0.2) is 34.7 Å². The number of piperidine rings is 1. The number of fused-ring (bicyclic) bond motifs is 1. The number of rotatable bonds is 11. The van der Waals surface area contributed by atoms with E-state index in [1.165, 1.54) is 31.4 Å². The molecule has 2 atom stereocenters. The zero-order valence-corrected chi connectivity index (χ0v) is 23.8. The van der Waals surface area contributed by atoms with Crippen molar-refractivity contribution in [2.24, 2.45) is 5.41 Å². The monoisotopic (exact) mass is 523 g/mol. The van der Waals surface area contributed by atoms with E-state index in [0.717, 1.165) is 48.3 Å². The number of Topliss-reactive ketones (excluding diaryl/α,β-unsaturated/α-hetero) is 1. The van der Waals surface area contributed by atoms with E-state index in [-0.39, 0.29) is 17.5 Å². The maximum atomic E-state index is 13.4. The largest absolute Gasteiger partial charge is 0.487 e. The summed E-state index contributed by atoms with van der Waals surface area (Å²) in [6.45, 7) is 15.9. The predicted octanol–water partition coefficient (Wildman–Crippen LogP) is 7.85. The Hall–Kier alpha value is -2.86. The van der Waals surface area contributed by atoms with Crippen molar-refractivity contribution in [2.45, 2.75) is 73.1 Å². The maximum Gasteiger partial charge on any atom is 0.205 e. The molecule has 2 unspecified atom stereocenters. The molecule has 1 aliphatic rings. The van der Waals surface area contributed by atoms with Crippen LogP contribution in [0.3, 0.4) is 0 Å². The number of halogens is 1. The molecule has 1 aliphatic heterocycles. The lowest BCUT2D eigenvalue weighted by Gasteiger charge is -2.40. The van der Waals surface area contributed by atoms with E-state index in [0.29, 0.717) is 41.3 Å². The van der Waals surface area contributed by atoms with Crippen LogP contribution in [0, 0.1) is 25.1 Å². The smallest absolute Gasteiger partial charge is 0.205 e. The minimum atomic E-state index is -0.241. The number of nitrogens with zero attached hydrogens (tertiary/aromatic N) is 1. The van der Waals surface area contributed by atoms with Crippen LogP contribution in [-0.4, -0.2) is 43.5 Å². The predicted molar refractivity (Wildman–Crippen MR) is 150 cm³/mol. The van der Waals surface area contributed by atoms with Crippen LogP contribution in [0.4, 0.5) is 4.39 Å². The third kappa shape index (κ3) is 6.23. The second-order valence-electron chi connectivity index (χ2n) is 11.3. The molecule has 0 spiro atoms. The van der Waals surface area contributed by atoms with Crippen LogP contribution in [0.5, 0.6) is 11.5 Å². The fourth-order valence-electron chi connectivity index (χ4n) is 5.66. The minimum absolute atomic E-state index is 0.0562. The van der Waals surface area contributed by atoms with Gasteiger partial charge in [0.2, 0.25) is 5.75 Å². The van der Waals surface area contributed by atoms with E-state index in [9.17, 15) is 9.18 Å². The number of hydrogen-bond acceptors (Lipinski definition) is 5. The van der Waals surface area contributed by atoms with Crippen LogP contribution in [0.25, 0.3) is 11.0 Å². The zero-order valence-electron chi connectivity index (χ0n) is 23.8. The van der Waals surface area contributed by atoms with Crippen LogP contribution < -0.4 is 9.47 Å². The van der Waals surface area contributed by atoms with E-state index < -0.39 is 0 Å². The number of ketones is 1. The van der Waals surface area contributed by atoms with Gasteiger partial charge in [-0.15, -0.1) is 0 Å². The fourth-order valence-corrected chi connectivity index (χ4v) is 5.66. The van der Waals surface area contributed by atoms with Gasteiger partial charge < -0.3 is 13.9 Å². The summed E-state index contributed by atoms with van der Waals surface area (Å²) in [7, 11) is 0. The van der Waals surface area contributed by atoms with Crippen molar-refractivity contribution in [3.8, 4) is 11.5 Å². The Morgan fingerprint density at radius 2 is 1.87 bits per heavy atom. The molecule has 5 nitrogen and oxygen atoms in total. The van der Waals surface area contributed by atoms with E-state index >= 15 is 0 Å². The Kier molecular flexibility index (Phi) is 8.81. The molecule has 0 N–H and O–H groups in total. The minimum Gasteiger partial charge on any atom is -0.487 e. The van der Waals surface area contributed by atoms with Gasteiger partial charge >= 0.3 is 0 Å². The second-order valence-corrected chi connectivity index (χ2v) is 11.3. The van der Waals surface area contributed by atoms with E-state index in [1.54, 1.807) is 6.92 Å². The van der Waals surface area contributed by atoms with Gasteiger partial charge in [0.25, 0.3) is 0 Å². The quantitative estimate of drug-likeness (QED) is 0.240. The number of likely N-dealkylation sites (tertiary alicyclic amines) is 1. The van der Waals surface area contributed by atoms with Gasteiger partial charge in [-0.2, -0.15) is 0 Å². The second kappa shape index (κ2) is 11.9. The van der Waals surface area contributed by atoms with Crippen LogP contribution in [-0.2, 0) is 0 Å². The number of hydrogen-bond donors (Lipinski definition) is 0. The normalized spacial score (nSPS) is 19.0. The molecule has 0 bridgehead atoms. The van der Waals surface area contributed by atoms with E-state index in [1.807, 2.05) is 32.0 Å². The standard InChI is InChI=1S/C32H42FNO4/c1-7-32(6)14-8-15-34(20-32)16-18-37-30-28(24(5)35)23(4)27-19-22(3)38-29(27)31(30)36-17-13-21(2)25-9-11-26(33)12-10-25/h9-12,19,21H,7-8,13-18,20H2,1-6H3. The van der Waals surface area contributed by atoms with Gasteiger partial charge in [-0.1, -0.05) is 32.9 Å². The molecule has 4 rings (SSSR count). The summed E-state index contributed by atoms with van der Waals surface area (Å²) >= 11 is 0. The van der Waals surface area contributed by atoms with Gasteiger partial charge in [0.15, 0.2) is 17.1 Å². The molecule has 3 aromatic rings. The zero-order chi connectivity index (χ0) is 27.4. The summed E-state index contributed by atoms with van der Waals surface area (Å²) < 4.78 is 32.2. The molecule has 0 saturated carbocycles. The van der Waals surface area contributed by atoms with Crippen molar-refractivity contribution in [1.82, 2.24) is 4.90 Å². The number of carbonyl (C=O) groups excluding carboxylic acids is 1. The molecule has 1 saturated heterocycles. The molecule has 6 heteroatoms. The highest BCUT2D eigenvalue weighted by molar-refractivity contribution is 6.06. The lowest BCUT2D eigenvalue weighted by molar-refractivity contribution is 0.0854. The summed E-state index contributed by atoms with van der Waals surface area (Å²) in [5.41, 5.74) is 3.42. The van der Waals surface area contributed by atoms with Crippen molar-refractivity contribution in [3.05, 3.63) is 58.6 Å². The molecule has 38 heavy (non-hydrogen) atoms. The first-order valence-corrected chi connectivity index (χ1v) is 13.9. The van der Waals surface area contributed by atoms with Gasteiger partial charge in [-0.3, -0.25) is 9.69 Å². The molecular formula is C32H42FNO4. The highest BCUT2D eigenvalue weighted by atomic mass is 19.1. The summed E-state index contributed by atoms with van der Waals surface area (Å²) in [4.78, 5) is 15.3. The number of ether oxygens (including phenoxy) is 2. The van der Waals surface area contributed by atoms with Crippen LogP contribution in [0.1, 0.15) is 86.5 Å². The Labute approximate surface area is 226 Å². The average molecular weight is 524 g/mol. The Balaban J connectivity index is 1.57. The third-order valence-corrected chi connectivity index (χ3v) is 8.23. The molecule has 2 aromatic carbocycles. The Morgan fingerprint density at radius 3 is 2.55 bits per heavy atom. The first kappa shape index (κ1) is 28.2. The first-order valence-electron chi connectivity index (χ1n) is 13.9. The molecule has 1 fully saturated rings. The van der Waals surface area contributed by atoms with Crippen molar-refractivity contribution < 1.29 is 23.1 Å². The van der Waals surface area contributed by atoms with Crippen molar-refractivity contribution >= 4 is 16.8 Å². The van der Waals surface area contributed by atoms with Crippen molar-refractivity contribution in [2.75, 3.05) is 32.8 Å². The summed E-state index contributed by atoms with van der Waals surface area (Å²) in [6.07, 6.45) is 4.34. The maximum absolute atomic E-state index is 13.4. The molecule has 1 aromatic heterocycles. The average Bonchev–Trinajstić information content (AvgIpc) is 3.28. The summed E-state index contributed by atoms with van der Waals surface area (Å²) in [5, 5.41) is 0.872. The van der Waals surface area contributed by atoms with Gasteiger partial charge in [0.1, 0.15) is 18.2 Å². The van der Waals surface area contributed by atoms with Crippen LogP contribution >= 0.6 is 0 Å². The topological polar surface area (TPSA) is 51.9 Å². The highest BCUT2D eigenvalue weighted by Gasteiger charge is 2.30. The van der Waals surface area contributed by atoms with Gasteiger partial charge in [-0.25, -0.2) is 4.39 Å². The third-order valence-electron chi connectivity index (χ3n) is 8.23. The number of carbonyl (C=O) groups is 1. The lowest BCUT2D eigenvalue weighted by atomic mass is 9.80. The highest BCUT2D eigenvalue weighted by Crippen LogP contribution is 2.44. The fraction of sp³-hybridized carbons (Fsp3) is 0.531. The molecule has 2 heterocycles. The summed E-state index contributed by atoms with van der Waals surface area (Å²) in [5.74, 6) is 1.60. The number of furan rings is 1. The molecule has 0 amide bonds. The summed E-state index contributed by atoms with van der Waals surface area (Å²) in [6, 6.07) is 8.55. The van der Waals surface area contributed by atoms with E-state index in [4.69, 9.17) is 13.9 Å². The van der Waals surface area contributed by atoms with Crippen molar-refractivity contribution in [3.63, 3.8) is 0 Å². The van der Waals surface area contributed by atoms with Gasteiger partial charge in [0.05, 0.1) is 12.2 Å². The Bertz CT molecular complexity index is 1260. The Morgan fingerprint density at radius 1 is 1.16 bits per heavy atom. The number of aryl methyl sites for hydroxylation is 2. The SMILES string of the molecule is CCC1(C)CCCN(CCOc2c(C(C)=O)c(C)c3cc(C)oc3c2OCCC(C)c2ccc(F)cc2)C1. The van der Waals surface area contributed by atoms with Crippen LogP contribution in [0.2, 0.25) is 0 Å². The van der Waals surface area contributed by atoms with Gasteiger partial charge in [-0.05, 0) is 93.7 Å². The first-order chi connectivity index (χ1) is 18.1. The lowest BCUT2D eigenvalue weighted by Crippen LogP contribution is -2.43.